The monoisotopic (exact) mass is 432 g/mol. The van der Waals surface area contributed by atoms with Gasteiger partial charge in [-0.3, -0.25) is 0 Å². The quantitative estimate of drug-likeness (QED) is 0.301. The van der Waals surface area contributed by atoms with Crippen molar-refractivity contribution in [1.82, 2.24) is 0 Å². The summed E-state index contributed by atoms with van der Waals surface area (Å²) in [5.74, 6) is 1.36. The third-order valence-corrected chi connectivity index (χ3v) is 5.73. The maximum atomic E-state index is 12.7. The molecule has 0 saturated carbocycles. The second-order valence-electron chi connectivity index (χ2n) is 6.96. The van der Waals surface area contributed by atoms with Gasteiger partial charge in [-0.2, -0.15) is 5.30 Å². The van der Waals surface area contributed by atoms with Crippen molar-refractivity contribution < 1.29 is 33.1 Å². The molecule has 0 atom stereocenters. The molecule has 154 valence electrons. The Morgan fingerprint density at radius 3 is 1.78 bits per heavy atom. The minimum absolute atomic E-state index is 0. The fourth-order valence-electron chi connectivity index (χ4n) is 3.02. The zero-order chi connectivity index (χ0) is 21.3. The fourth-order valence-corrected chi connectivity index (χ4v) is 3.91. The van der Waals surface area contributed by atoms with Gasteiger partial charge in [0.15, 0.2) is 0 Å². The van der Waals surface area contributed by atoms with E-state index in [-0.39, 0.29) is 24.4 Å². The number of carbonyl (C=O) groups is 1. The molecule has 0 aliphatic rings. The maximum absolute atomic E-state index is 12.7. The molecule has 0 spiro atoms. The van der Waals surface area contributed by atoms with Crippen LogP contribution in [0, 0.1) is 0 Å². The number of hydrogen-bond acceptors (Lipinski definition) is 3. The van der Waals surface area contributed by atoms with Crippen LogP contribution in [0.4, 0.5) is 0 Å². The van der Waals surface area contributed by atoms with Crippen LogP contribution < -0.4 is 33.6 Å². The molecule has 0 heterocycles. The van der Waals surface area contributed by atoms with Crippen molar-refractivity contribution >= 4 is 19.4 Å². The van der Waals surface area contributed by atoms with E-state index in [2.05, 4.69) is 0 Å². The number of rotatable bonds is 9. The van der Waals surface area contributed by atoms with Crippen molar-refractivity contribution in [2.45, 2.75) is 13.2 Å². The van der Waals surface area contributed by atoms with Gasteiger partial charge in [0.1, 0.15) is 19.0 Å². The predicted molar refractivity (Wildman–Crippen MR) is 125 cm³/mol. The van der Waals surface area contributed by atoms with E-state index in [0.29, 0.717) is 38.9 Å². The molecule has 0 N–H and O–H groups in total. The van der Waals surface area contributed by atoms with E-state index >= 15 is 0 Å². The Balaban J connectivity index is 0.00000289. The van der Waals surface area contributed by atoms with Crippen LogP contribution in [-0.4, -0.2) is 5.52 Å². The molecule has 0 radical (unpaired) electrons. The minimum Gasteiger partial charge on any atom is -0.491 e. The zero-order valence-corrected chi connectivity index (χ0v) is 18.9. The molecule has 5 heteroatoms. The second-order valence-corrected chi connectivity index (χ2v) is 8.07. The van der Waals surface area contributed by atoms with Gasteiger partial charge in [-0.05, 0) is 22.8 Å². The van der Waals surface area contributed by atoms with Gasteiger partial charge in [0.25, 0.3) is 0 Å². The summed E-state index contributed by atoms with van der Waals surface area (Å²) >= 11 is 0. The topological polar surface area (TPSA) is 35.5 Å². The summed E-state index contributed by atoms with van der Waals surface area (Å²) in [5.41, 5.74) is 2.87. The van der Waals surface area contributed by atoms with Crippen molar-refractivity contribution in [1.29, 1.82) is 0 Å². The first-order valence-corrected chi connectivity index (χ1v) is 11.0. The smallest absolute Gasteiger partial charge is 0.491 e. The normalized spacial score (nSPS) is 10.5. The zero-order valence-electron chi connectivity index (χ0n) is 18.0. The van der Waals surface area contributed by atoms with Gasteiger partial charge in [-0.15, -0.1) is 0 Å². The number of benzene rings is 4. The van der Waals surface area contributed by atoms with Crippen molar-refractivity contribution in [2.24, 2.45) is 0 Å². The largest absolute Gasteiger partial charge is 1.00 e. The number of ether oxygens (including phenoxy) is 2. The molecular weight excluding hydrogens is 410 g/mol. The van der Waals surface area contributed by atoms with Gasteiger partial charge in [0, 0.05) is 11.6 Å². The van der Waals surface area contributed by atoms with Gasteiger partial charge in [-0.1, -0.05) is 97.1 Å². The van der Waals surface area contributed by atoms with Crippen molar-refractivity contribution in [3.8, 4) is 11.5 Å². The van der Waals surface area contributed by atoms with Crippen molar-refractivity contribution in [2.75, 3.05) is 0 Å². The summed E-state index contributed by atoms with van der Waals surface area (Å²) in [6, 6.07) is 35.0. The Hall–Kier alpha value is -2.82. The van der Waals surface area contributed by atoms with E-state index in [4.69, 9.17) is 9.47 Å². The van der Waals surface area contributed by atoms with Gasteiger partial charge in [0.05, 0.1) is 5.75 Å². The molecule has 0 fully saturated rings. The number of carbonyl (C=O) groups excluding carboxylic acids is 1. The standard InChI is InChI=1S/C27H22O3P.Li/c28-27(23-14-8-3-9-15-23)31-26-17-16-24(29-19-21-10-4-1-5-11-21)18-25(26)30-20-22-12-6-2-7-13-22;/h1-18H,19-20H2;/q-1;+1. The fraction of sp³-hybridized carbons (Fsp3) is 0.0741. The Bertz CT molecular complexity index is 1120. The maximum Gasteiger partial charge on any atom is 1.00 e. The van der Waals surface area contributed by atoms with Gasteiger partial charge in [-0.25, -0.2) is 0 Å². The molecule has 0 amide bonds. The van der Waals surface area contributed by atoms with Crippen LogP contribution in [0.15, 0.2) is 109 Å². The SMILES string of the molecule is O=C([P-]c1ccc(OCc2ccccc2)cc1OCc1ccccc1)c1ccccc1.[Li+]. The first-order valence-electron chi connectivity index (χ1n) is 10.1. The van der Waals surface area contributed by atoms with E-state index in [1.165, 1.54) is 0 Å². The van der Waals surface area contributed by atoms with Crippen LogP contribution in [0.3, 0.4) is 0 Å². The molecule has 32 heavy (non-hydrogen) atoms. The molecule has 0 saturated heterocycles. The third-order valence-electron chi connectivity index (χ3n) is 4.66. The minimum atomic E-state index is 0. The van der Waals surface area contributed by atoms with E-state index < -0.39 is 0 Å². The molecule has 0 unspecified atom stereocenters. The van der Waals surface area contributed by atoms with Crippen LogP contribution in [-0.2, 0) is 13.2 Å². The second kappa shape index (κ2) is 12.3. The van der Waals surface area contributed by atoms with Crippen LogP contribution in [0.25, 0.3) is 0 Å². The average Bonchev–Trinajstić information content (AvgIpc) is 2.84. The molecule has 0 bridgehead atoms. The average molecular weight is 432 g/mol. The van der Waals surface area contributed by atoms with Crippen molar-refractivity contribution in [3.63, 3.8) is 0 Å². The Morgan fingerprint density at radius 1 is 0.656 bits per heavy atom. The molecule has 3 nitrogen and oxygen atoms in total. The summed E-state index contributed by atoms with van der Waals surface area (Å²) in [7, 11) is 0.568. The third kappa shape index (κ3) is 6.84. The van der Waals surface area contributed by atoms with Gasteiger partial charge >= 0.3 is 18.9 Å². The predicted octanol–water partition coefficient (Wildman–Crippen LogP) is 3.26. The molecule has 4 aromatic rings. The first kappa shape index (κ1) is 23.8. The Morgan fingerprint density at radius 2 is 1.19 bits per heavy atom. The van der Waals surface area contributed by atoms with E-state index in [1.807, 2.05) is 109 Å². The summed E-state index contributed by atoms with van der Waals surface area (Å²) in [6.45, 7) is 0.893. The Kier molecular flexibility index (Phi) is 9.14. The van der Waals surface area contributed by atoms with Crippen LogP contribution in [0.2, 0.25) is 0 Å². The Labute approximate surface area is 202 Å². The van der Waals surface area contributed by atoms with Crippen molar-refractivity contribution in [3.05, 3.63) is 126 Å². The van der Waals surface area contributed by atoms with E-state index in [9.17, 15) is 4.79 Å². The molecule has 4 aromatic carbocycles. The van der Waals surface area contributed by atoms with Gasteiger partial charge < -0.3 is 22.8 Å². The number of hydrogen-bond donors (Lipinski definition) is 0. The summed E-state index contributed by atoms with van der Waals surface area (Å²) < 4.78 is 12.1. The van der Waals surface area contributed by atoms with E-state index in [0.717, 1.165) is 16.4 Å². The van der Waals surface area contributed by atoms with Crippen LogP contribution in [0.5, 0.6) is 11.5 Å². The first-order chi connectivity index (χ1) is 15.3. The van der Waals surface area contributed by atoms with E-state index in [1.54, 1.807) is 0 Å². The molecular formula is C27H22LiO3P. The molecule has 0 aliphatic carbocycles. The summed E-state index contributed by atoms with van der Waals surface area (Å²) in [4.78, 5) is 12.7. The molecule has 4 rings (SSSR count). The van der Waals surface area contributed by atoms with Crippen LogP contribution in [0.1, 0.15) is 21.5 Å². The summed E-state index contributed by atoms with van der Waals surface area (Å²) in [6.07, 6.45) is 0. The van der Waals surface area contributed by atoms with Crippen LogP contribution >= 0.6 is 8.58 Å². The van der Waals surface area contributed by atoms with Gasteiger partial charge in [0.2, 0.25) is 0 Å². The molecule has 0 aromatic heterocycles. The molecule has 0 aliphatic heterocycles. The summed E-state index contributed by atoms with van der Waals surface area (Å²) in [5, 5.41) is 0.817.